The maximum Gasteiger partial charge on any atom is 0.116 e. The second-order valence-corrected chi connectivity index (χ2v) is 4.35. The third-order valence-corrected chi connectivity index (χ3v) is 2.87. The summed E-state index contributed by atoms with van der Waals surface area (Å²) in [4.78, 5) is 3.98. The van der Waals surface area contributed by atoms with Crippen LogP contribution in [0.4, 0.5) is 5.69 Å². The van der Waals surface area contributed by atoms with E-state index in [1.165, 1.54) is 0 Å². The van der Waals surface area contributed by atoms with Crippen molar-refractivity contribution >= 4 is 21.6 Å². The standard InChI is InChI=1S/C10H8BrN5/c11-9-2-1-8-6-16(14-13-10(8)5-9)15-4-3-12-7-15/h1-5,7H,6H2. The van der Waals surface area contributed by atoms with Gasteiger partial charge < -0.3 is 0 Å². The molecular formula is C10H8BrN5. The molecule has 1 aliphatic rings. The van der Waals surface area contributed by atoms with Gasteiger partial charge in [0.1, 0.15) is 6.33 Å². The Labute approximate surface area is 101 Å². The number of hydrogen-bond acceptors (Lipinski definition) is 4. The first-order chi connectivity index (χ1) is 7.83. The van der Waals surface area contributed by atoms with Crippen LogP contribution in [0.25, 0.3) is 0 Å². The molecule has 1 aromatic carbocycles. The number of aromatic nitrogens is 2. The largest absolute Gasteiger partial charge is 0.243 e. The van der Waals surface area contributed by atoms with Crippen molar-refractivity contribution in [1.82, 2.24) is 9.66 Å². The summed E-state index contributed by atoms with van der Waals surface area (Å²) >= 11 is 3.41. The highest BCUT2D eigenvalue weighted by Gasteiger charge is 2.14. The Balaban J connectivity index is 1.96. The summed E-state index contributed by atoms with van der Waals surface area (Å²) in [5.74, 6) is 0. The predicted molar refractivity (Wildman–Crippen MR) is 62.8 cm³/mol. The molecule has 16 heavy (non-hydrogen) atoms. The second-order valence-electron chi connectivity index (χ2n) is 3.44. The van der Waals surface area contributed by atoms with E-state index in [9.17, 15) is 0 Å². The van der Waals surface area contributed by atoms with E-state index in [4.69, 9.17) is 0 Å². The number of benzene rings is 1. The maximum absolute atomic E-state index is 4.16. The van der Waals surface area contributed by atoms with Crippen molar-refractivity contribution < 1.29 is 0 Å². The minimum atomic E-state index is 0.697. The van der Waals surface area contributed by atoms with Crippen LogP contribution in [-0.2, 0) is 6.54 Å². The quantitative estimate of drug-likeness (QED) is 0.805. The first-order valence-corrected chi connectivity index (χ1v) is 5.58. The molecule has 3 rings (SSSR count). The molecule has 0 saturated heterocycles. The molecule has 0 atom stereocenters. The van der Waals surface area contributed by atoms with Gasteiger partial charge >= 0.3 is 0 Å². The lowest BCUT2D eigenvalue weighted by Crippen LogP contribution is -2.28. The summed E-state index contributed by atoms with van der Waals surface area (Å²) in [7, 11) is 0. The van der Waals surface area contributed by atoms with Crippen LogP contribution in [0.3, 0.4) is 0 Å². The second kappa shape index (κ2) is 3.71. The van der Waals surface area contributed by atoms with Gasteiger partial charge in [0, 0.05) is 22.4 Å². The Hall–Kier alpha value is -1.69. The monoisotopic (exact) mass is 277 g/mol. The highest BCUT2D eigenvalue weighted by Crippen LogP contribution is 2.28. The molecule has 0 radical (unpaired) electrons. The van der Waals surface area contributed by atoms with Gasteiger partial charge in [-0.3, -0.25) is 0 Å². The summed E-state index contributed by atoms with van der Waals surface area (Å²) in [5, 5.41) is 10.0. The molecule has 2 aromatic rings. The Morgan fingerprint density at radius 1 is 1.31 bits per heavy atom. The highest BCUT2D eigenvalue weighted by molar-refractivity contribution is 9.10. The zero-order valence-corrected chi connectivity index (χ0v) is 9.87. The van der Waals surface area contributed by atoms with Crippen molar-refractivity contribution in [2.24, 2.45) is 10.3 Å². The minimum Gasteiger partial charge on any atom is -0.243 e. The lowest BCUT2D eigenvalue weighted by molar-refractivity contribution is 0.566. The van der Waals surface area contributed by atoms with Crippen molar-refractivity contribution in [2.75, 3.05) is 5.12 Å². The Morgan fingerprint density at radius 3 is 3.06 bits per heavy atom. The van der Waals surface area contributed by atoms with E-state index in [0.29, 0.717) is 6.54 Å². The van der Waals surface area contributed by atoms with Gasteiger partial charge in [-0.15, -0.1) is 5.11 Å². The van der Waals surface area contributed by atoms with E-state index >= 15 is 0 Å². The van der Waals surface area contributed by atoms with E-state index in [1.54, 1.807) is 22.3 Å². The average Bonchev–Trinajstić information content (AvgIpc) is 2.82. The molecule has 1 aliphatic heterocycles. The van der Waals surface area contributed by atoms with Gasteiger partial charge in [-0.1, -0.05) is 22.0 Å². The van der Waals surface area contributed by atoms with Gasteiger partial charge in [0.25, 0.3) is 0 Å². The van der Waals surface area contributed by atoms with Gasteiger partial charge in [0.05, 0.1) is 12.2 Å². The topological polar surface area (TPSA) is 45.8 Å². The van der Waals surface area contributed by atoms with E-state index in [1.807, 2.05) is 24.4 Å². The SMILES string of the molecule is Brc1ccc2c(c1)N=NN(n1ccnc1)C2. The molecule has 0 fully saturated rings. The van der Waals surface area contributed by atoms with Crippen LogP contribution in [0, 0.1) is 0 Å². The van der Waals surface area contributed by atoms with Crippen molar-refractivity contribution in [3.05, 3.63) is 47.0 Å². The lowest BCUT2D eigenvalue weighted by Gasteiger charge is -2.22. The van der Waals surface area contributed by atoms with Gasteiger partial charge in [0.2, 0.25) is 0 Å². The molecule has 2 heterocycles. The fraction of sp³-hybridized carbons (Fsp3) is 0.100. The van der Waals surface area contributed by atoms with Gasteiger partial charge in [0.15, 0.2) is 0 Å². The number of hydrogen-bond donors (Lipinski definition) is 0. The molecule has 0 aliphatic carbocycles. The lowest BCUT2D eigenvalue weighted by atomic mass is 10.2. The summed E-state index contributed by atoms with van der Waals surface area (Å²) in [6.07, 6.45) is 5.25. The summed E-state index contributed by atoms with van der Waals surface area (Å²) < 4.78 is 2.82. The first kappa shape index (κ1) is 9.53. The molecule has 0 amide bonds. The third kappa shape index (κ3) is 1.61. The van der Waals surface area contributed by atoms with Crippen LogP contribution in [0.15, 0.2) is 51.7 Å². The highest BCUT2D eigenvalue weighted by atomic mass is 79.9. The Kier molecular flexibility index (Phi) is 2.21. The van der Waals surface area contributed by atoms with Gasteiger partial charge in [-0.2, -0.15) is 5.12 Å². The molecule has 0 spiro atoms. The van der Waals surface area contributed by atoms with E-state index in [-0.39, 0.29) is 0 Å². The molecule has 80 valence electrons. The molecule has 0 N–H and O–H groups in total. The predicted octanol–water partition coefficient (Wildman–Crippen LogP) is 2.80. The number of rotatable bonds is 1. The van der Waals surface area contributed by atoms with E-state index in [0.717, 1.165) is 15.7 Å². The fourth-order valence-electron chi connectivity index (χ4n) is 1.56. The van der Waals surface area contributed by atoms with Crippen LogP contribution in [-0.4, -0.2) is 9.66 Å². The molecule has 0 unspecified atom stereocenters. The molecule has 1 aromatic heterocycles. The minimum absolute atomic E-state index is 0.697. The Bertz CT molecular complexity index is 534. The van der Waals surface area contributed by atoms with Crippen LogP contribution >= 0.6 is 15.9 Å². The molecular weight excluding hydrogens is 270 g/mol. The number of nitrogens with zero attached hydrogens (tertiary/aromatic N) is 5. The molecule has 6 heteroatoms. The van der Waals surface area contributed by atoms with E-state index < -0.39 is 0 Å². The van der Waals surface area contributed by atoms with Crippen molar-refractivity contribution in [3.8, 4) is 0 Å². The molecule has 5 nitrogen and oxygen atoms in total. The fourth-order valence-corrected chi connectivity index (χ4v) is 1.91. The zero-order valence-electron chi connectivity index (χ0n) is 8.29. The number of fused-ring (bicyclic) bond motifs is 1. The maximum atomic E-state index is 4.16. The van der Waals surface area contributed by atoms with Crippen molar-refractivity contribution in [1.29, 1.82) is 0 Å². The van der Waals surface area contributed by atoms with Gasteiger partial charge in [-0.05, 0) is 17.4 Å². The van der Waals surface area contributed by atoms with Crippen LogP contribution < -0.4 is 5.12 Å². The van der Waals surface area contributed by atoms with Crippen molar-refractivity contribution in [3.63, 3.8) is 0 Å². The van der Waals surface area contributed by atoms with Crippen molar-refractivity contribution in [2.45, 2.75) is 6.54 Å². The first-order valence-electron chi connectivity index (χ1n) is 4.79. The third-order valence-electron chi connectivity index (χ3n) is 2.37. The van der Waals surface area contributed by atoms with Crippen LogP contribution in [0.2, 0.25) is 0 Å². The van der Waals surface area contributed by atoms with Crippen LogP contribution in [0.5, 0.6) is 0 Å². The average molecular weight is 278 g/mol. The summed E-state index contributed by atoms with van der Waals surface area (Å²) in [5.41, 5.74) is 2.05. The summed E-state index contributed by atoms with van der Waals surface area (Å²) in [6, 6.07) is 6.01. The molecule has 0 saturated carbocycles. The zero-order chi connectivity index (χ0) is 11.0. The van der Waals surface area contributed by atoms with Crippen LogP contribution in [0.1, 0.15) is 5.56 Å². The van der Waals surface area contributed by atoms with Gasteiger partial charge in [-0.25, -0.2) is 9.66 Å². The number of halogens is 1. The normalized spacial score (nSPS) is 13.9. The Morgan fingerprint density at radius 2 is 2.25 bits per heavy atom. The number of imidazole rings is 1. The summed E-state index contributed by atoms with van der Waals surface area (Å²) in [6.45, 7) is 0.697. The van der Waals surface area contributed by atoms with E-state index in [2.05, 4.69) is 31.3 Å². The smallest absolute Gasteiger partial charge is 0.116 e. The molecule has 0 bridgehead atoms.